The number of carboxylic acid groups (broad SMARTS) is 1. The maximum Gasteiger partial charge on any atom is 1.00 e. The average Bonchev–Trinajstić information content (AvgIpc) is 0.811. The number of carboxylic acids is 1. The van der Waals surface area contributed by atoms with Crippen molar-refractivity contribution in [3.05, 3.63) is 0 Å². The molecule has 0 aliphatic carbocycles. The number of halogens is 1. The molecule has 0 atom stereocenters. The first kappa shape index (κ1) is 15.8. The molecular formula is C2H4AgIO2. The Morgan fingerprint density at radius 3 is 1.67 bits per heavy atom. The van der Waals surface area contributed by atoms with Gasteiger partial charge in [0, 0.05) is 5.97 Å². The molecule has 0 aliphatic rings. The molecule has 0 rings (SSSR count). The van der Waals surface area contributed by atoms with E-state index in [1.54, 1.807) is 0 Å². The van der Waals surface area contributed by atoms with Crippen LogP contribution < -0.4 is 5.11 Å². The Hall–Kier alpha value is 0.940. The molecule has 0 aromatic heterocycles. The van der Waals surface area contributed by atoms with Crippen LogP contribution in [0, 0.1) is 0 Å². The predicted octanol–water partition coefficient (Wildman–Crippen LogP) is -0.628. The Labute approximate surface area is 68.8 Å². The molecule has 0 aromatic carbocycles. The van der Waals surface area contributed by atoms with Crippen LogP contribution in [0.1, 0.15) is 6.92 Å². The van der Waals surface area contributed by atoms with Gasteiger partial charge < -0.3 is 9.90 Å². The zero-order valence-electron chi connectivity index (χ0n) is 3.03. The quantitative estimate of drug-likeness (QED) is 0.441. The van der Waals surface area contributed by atoms with Crippen molar-refractivity contribution in [1.29, 1.82) is 0 Å². The van der Waals surface area contributed by atoms with Gasteiger partial charge in [0.1, 0.15) is 0 Å². The van der Waals surface area contributed by atoms with E-state index in [0.717, 1.165) is 6.92 Å². The van der Waals surface area contributed by atoms with Gasteiger partial charge in [0.15, 0.2) is 0 Å². The second kappa shape index (κ2) is 9.34. The van der Waals surface area contributed by atoms with E-state index in [1.165, 1.54) is 0 Å². The fourth-order valence-electron chi connectivity index (χ4n) is 0. The minimum Gasteiger partial charge on any atom is -0.550 e. The number of hydrogen-bond donors (Lipinski definition) is 0. The number of hydrogen-bond acceptors (Lipinski definition) is 2. The summed E-state index contributed by atoms with van der Waals surface area (Å²) in [7, 11) is 0. The summed E-state index contributed by atoms with van der Waals surface area (Å²) in [5, 5.41) is 8.89. The van der Waals surface area contributed by atoms with Gasteiger partial charge >= 0.3 is 22.4 Å². The Kier molecular flexibility index (Phi) is 24.5. The molecule has 0 unspecified atom stereocenters. The van der Waals surface area contributed by atoms with Gasteiger partial charge in [-0.1, -0.05) is 0 Å². The molecule has 0 N–H and O–H groups in total. The standard InChI is InChI=1S/C2H4O2.Ag.HI/c1-2(3)4;;/h1H3,(H,3,4);;1H/q;+1;/p-1. The van der Waals surface area contributed by atoms with Crippen molar-refractivity contribution in [3.63, 3.8) is 0 Å². The third kappa shape index (κ3) is 86.8. The fourth-order valence-corrected chi connectivity index (χ4v) is 0. The zero-order chi connectivity index (χ0) is 3.58. The normalized spacial score (nSPS) is 4.17. The first-order chi connectivity index (χ1) is 1.73. The summed E-state index contributed by atoms with van der Waals surface area (Å²) < 4.78 is 0. The molecule has 4 heteroatoms. The third-order valence-corrected chi connectivity index (χ3v) is 0. The zero-order valence-corrected chi connectivity index (χ0v) is 6.84. The van der Waals surface area contributed by atoms with E-state index in [4.69, 9.17) is 9.90 Å². The molecule has 0 heterocycles. The van der Waals surface area contributed by atoms with Crippen LogP contribution in [0.4, 0.5) is 0 Å². The predicted molar refractivity (Wildman–Crippen MR) is 26.1 cm³/mol. The van der Waals surface area contributed by atoms with Crippen LogP contribution in [0.2, 0.25) is 0 Å². The van der Waals surface area contributed by atoms with Crippen molar-refractivity contribution in [2.24, 2.45) is 0 Å². The molecule has 2 nitrogen and oxygen atoms in total. The van der Waals surface area contributed by atoms with Crippen LogP contribution in [-0.4, -0.2) is 5.97 Å². The molecule has 0 amide bonds. The smallest absolute Gasteiger partial charge is 0.550 e. The van der Waals surface area contributed by atoms with E-state index < -0.39 is 5.97 Å². The van der Waals surface area contributed by atoms with Gasteiger partial charge in [-0.05, 0) is 6.92 Å². The molecule has 0 spiro atoms. The van der Waals surface area contributed by atoms with Crippen molar-refractivity contribution in [3.8, 4) is 0 Å². The van der Waals surface area contributed by atoms with Crippen molar-refractivity contribution < 1.29 is 32.3 Å². The maximum atomic E-state index is 8.89. The van der Waals surface area contributed by atoms with E-state index >= 15 is 0 Å². The first-order valence-corrected chi connectivity index (χ1v) is 0.908. The van der Waals surface area contributed by atoms with Gasteiger partial charge in [0.2, 0.25) is 0 Å². The van der Waals surface area contributed by atoms with Gasteiger partial charge in [-0.25, -0.2) is 0 Å². The molecule has 0 bridgehead atoms. The molecule has 0 aromatic rings. The SMILES string of the molecule is CC(=O)[O-].I.[Ag+]. The summed E-state index contributed by atoms with van der Waals surface area (Å²) in [6.45, 7) is 0.972. The van der Waals surface area contributed by atoms with Crippen LogP contribution in [-0.2, 0) is 27.2 Å². The number of rotatable bonds is 0. The van der Waals surface area contributed by atoms with Gasteiger partial charge in [0.25, 0.3) is 0 Å². The van der Waals surface area contributed by atoms with Gasteiger partial charge in [-0.3, -0.25) is 0 Å². The van der Waals surface area contributed by atoms with E-state index in [-0.39, 0.29) is 46.4 Å². The largest absolute Gasteiger partial charge is 1.00 e. The van der Waals surface area contributed by atoms with Crippen LogP contribution in [0.25, 0.3) is 0 Å². The molecule has 0 aliphatic heterocycles. The van der Waals surface area contributed by atoms with Crippen LogP contribution in [0.15, 0.2) is 0 Å². The third-order valence-electron chi connectivity index (χ3n) is 0. The summed E-state index contributed by atoms with van der Waals surface area (Å²) in [5.74, 6) is -1.08. The monoisotopic (exact) mass is 294 g/mol. The molecule has 6 heavy (non-hydrogen) atoms. The van der Waals surface area contributed by atoms with E-state index in [1.807, 2.05) is 0 Å². The Bertz CT molecular complexity index is 34.5. The molecule has 0 fully saturated rings. The summed E-state index contributed by atoms with van der Waals surface area (Å²) in [4.78, 5) is 8.89. The van der Waals surface area contributed by atoms with Gasteiger partial charge in [-0.2, -0.15) is 0 Å². The summed E-state index contributed by atoms with van der Waals surface area (Å²) in [6.07, 6.45) is 0. The number of carbonyl (C=O) groups excluding carboxylic acids is 1. The summed E-state index contributed by atoms with van der Waals surface area (Å²) in [5.41, 5.74) is 0. The van der Waals surface area contributed by atoms with E-state index in [2.05, 4.69) is 0 Å². The van der Waals surface area contributed by atoms with Crippen molar-refractivity contribution >= 4 is 29.9 Å². The van der Waals surface area contributed by atoms with E-state index in [0.29, 0.717) is 0 Å². The van der Waals surface area contributed by atoms with Gasteiger partial charge in [-0.15, -0.1) is 24.0 Å². The van der Waals surface area contributed by atoms with Crippen LogP contribution in [0.5, 0.6) is 0 Å². The summed E-state index contributed by atoms with van der Waals surface area (Å²) >= 11 is 0. The topological polar surface area (TPSA) is 40.1 Å². The molecule has 0 saturated heterocycles. The second-order valence-electron chi connectivity index (χ2n) is 0.492. The number of carbonyl (C=O) groups is 1. The Balaban J connectivity index is -0.0000000450. The van der Waals surface area contributed by atoms with Crippen molar-refractivity contribution in [1.82, 2.24) is 0 Å². The first-order valence-electron chi connectivity index (χ1n) is 0.908. The average molecular weight is 295 g/mol. The molecule has 0 radical (unpaired) electrons. The Morgan fingerprint density at radius 1 is 1.67 bits per heavy atom. The minimum absolute atomic E-state index is 0. The van der Waals surface area contributed by atoms with Crippen molar-refractivity contribution in [2.75, 3.05) is 0 Å². The minimum atomic E-state index is -1.08. The van der Waals surface area contributed by atoms with Gasteiger partial charge in [0.05, 0.1) is 0 Å². The molecule has 42 valence electrons. The Morgan fingerprint density at radius 2 is 1.67 bits per heavy atom. The molecule has 0 saturated carbocycles. The second-order valence-corrected chi connectivity index (χ2v) is 0.492. The maximum absolute atomic E-state index is 8.89. The van der Waals surface area contributed by atoms with Crippen LogP contribution in [0.3, 0.4) is 0 Å². The summed E-state index contributed by atoms with van der Waals surface area (Å²) in [6, 6.07) is 0. The molecular weight excluding hydrogens is 291 g/mol. The van der Waals surface area contributed by atoms with Crippen LogP contribution >= 0.6 is 24.0 Å². The van der Waals surface area contributed by atoms with E-state index in [9.17, 15) is 0 Å². The van der Waals surface area contributed by atoms with Crippen molar-refractivity contribution in [2.45, 2.75) is 6.92 Å². The fraction of sp³-hybridized carbons (Fsp3) is 0.500. The number of aliphatic carboxylic acids is 1.